The van der Waals surface area contributed by atoms with Crippen molar-refractivity contribution < 1.29 is 9.53 Å². The second kappa shape index (κ2) is 9.45. The molecule has 4 aromatic rings. The molecule has 4 rings (SSSR count). The van der Waals surface area contributed by atoms with E-state index in [0.717, 1.165) is 28.2 Å². The lowest BCUT2D eigenvalue weighted by Crippen LogP contribution is -2.20. The minimum atomic E-state index is -0.299. The number of aromatic nitrogens is 1. The predicted molar refractivity (Wildman–Crippen MR) is 125 cm³/mol. The molecule has 0 saturated heterocycles. The van der Waals surface area contributed by atoms with Gasteiger partial charge in [-0.15, -0.1) is 0 Å². The van der Waals surface area contributed by atoms with Crippen molar-refractivity contribution in [2.75, 3.05) is 27.2 Å². The van der Waals surface area contributed by atoms with Crippen molar-refractivity contribution in [2.45, 2.75) is 0 Å². The summed E-state index contributed by atoms with van der Waals surface area (Å²) < 4.78 is 7.60. The Hall–Kier alpha value is -3.63. The largest absolute Gasteiger partial charge is 0.461 e. The van der Waals surface area contributed by atoms with E-state index in [0.29, 0.717) is 18.7 Å². The predicted octanol–water partition coefficient (Wildman–Crippen LogP) is 5.53. The number of hydrogen-bond acceptors (Lipinski definition) is 3. The van der Waals surface area contributed by atoms with Crippen molar-refractivity contribution in [1.29, 1.82) is 0 Å². The van der Waals surface area contributed by atoms with E-state index in [-0.39, 0.29) is 5.97 Å². The van der Waals surface area contributed by atoms with E-state index in [9.17, 15) is 4.79 Å². The first kappa shape index (κ1) is 20.6. The number of esters is 1. The highest BCUT2D eigenvalue weighted by atomic mass is 16.5. The molecule has 0 N–H and O–H groups in total. The number of likely N-dealkylation sites (N-methyl/N-ethyl adjacent to an activating group) is 1. The minimum Gasteiger partial charge on any atom is -0.461 e. The molecule has 1 heterocycles. The normalized spacial score (nSPS) is 10.9. The summed E-state index contributed by atoms with van der Waals surface area (Å²) in [7, 11) is 3.91. The molecule has 156 valence electrons. The van der Waals surface area contributed by atoms with E-state index in [1.54, 1.807) is 0 Å². The Kier molecular flexibility index (Phi) is 6.29. The lowest BCUT2D eigenvalue weighted by atomic mass is 10.1. The zero-order valence-corrected chi connectivity index (χ0v) is 17.9. The van der Waals surface area contributed by atoms with Gasteiger partial charge in [0.25, 0.3) is 0 Å². The standard InChI is InChI=1S/C27H26N2O2/c1-28(2)19-20-31-27(30)23-13-15-24(16-14-23)29-25(21-9-5-3-6-10-21)17-18-26(29)22-11-7-4-8-12-22/h3-18H,19-20H2,1-2H3. The molecule has 31 heavy (non-hydrogen) atoms. The summed E-state index contributed by atoms with van der Waals surface area (Å²) in [6.45, 7) is 1.08. The van der Waals surface area contributed by atoms with Gasteiger partial charge in [0.1, 0.15) is 6.61 Å². The van der Waals surface area contributed by atoms with E-state index in [1.807, 2.05) is 79.7 Å². The monoisotopic (exact) mass is 410 g/mol. The number of nitrogens with zero attached hydrogens (tertiary/aromatic N) is 2. The molecular formula is C27H26N2O2. The minimum absolute atomic E-state index is 0.299. The molecule has 0 aliphatic heterocycles. The molecule has 3 aromatic carbocycles. The Morgan fingerprint density at radius 2 is 1.26 bits per heavy atom. The van der Waals surface area contributed by atoms with Gasteiger partial charge in [0.15, 0.2) is 0 Å². The molecule has 4 heteroatoms. The molecule has 4 nitrogen and oxygen atoms in total. The SMILES string of the molecule is CN(C)CCOC(=O)c1ccc(-n2c(-c3ccccc3)ccc2-c2ccccc2)cc1. The third kappa shape index (κ3) is 4.76. The molecule has 0 spiro atoms. The highest BCUT2D eigenvalue weighted by Gasteiger charge is 2.14. The molecule has 0 atom stereocenters. The number of ether oxygens (including phenoxy) is 1. The van der Waals surface area contributed by atoms with Crippen LogP contribution in [0.25, 0.3) is 28.2 Å². The van der Waals surface area contributed by atoms with Gasteiger partial charge >= 0.3 is 5.97 Å². The average molecular weight is 411 g/mol. The van der Waals surface area contributed by atoms with E-state index in [2.05, 4.69) is 41.0 Å². The Morgan fingerprint density at radius 3 is 1.74 bits per heavy atom. The van der Waals surface area contributed by atoms with Crippen molar-refractivity contribution in [1.82, 2.24) is 9.47 Å². The van der Waals surface area contributed by atoms with Crippen molar-refractivity contribution in [2.24, 2.45) is 0 Å². The van der Waals surface area contributed by atoms with Crippen molar-refractivity contribution in [3.63, 3.8) is 0 Å². The summed E-state index contributed by atoms with van der Waals surface area (Å²) in [6, 6.07) is 32.5. The van der Waals surface area contributed by atoms with Crippen LogP contribution in [0.2, 0.25) is 0 Å². The third-order valence-electron chi connectivity index (χ3n) is 5.15. The van der Waals surface area contributed by atoms with Crippen LogP contribution in [-0.2, 0) is 4.74 Å². The van der Waals surface area contributed by atoms with Crippen LogP contribution in [0.4, 0.5) is 0 Å². The van der Waals surface area contributed by atoms with E-state index >= 15 is 0 Å². The topological polar surface area (TPSA) is 34.5 Å². The molecule has 1 aromatic heterocycles. The van der Waals surface area contributed by atoms with Gasteiger partial charge in [-0.2, -0.15) is 0 Å². The second-order valence-electron chi connectivity index (χ2n) is 7.66. The van der Waals surface area contributed by atoms with Crippen LogP contribution in [0.3, 0.4) is 0 Å². The number of rotatable bonds is 7. The summed E-state index contributed by atoms with van der Waals surface area (Å²) in [5.74, 6) is -0.299. The van der Waals surface area contributed by atoms with Crippen LogP contribution >= 0.6 is 0 Å². The molecule has 0 amide bonds. The van der Waals surface area contributed by atoms with Gasteiger partial charge < -0.3 is 14.2 Å². The average Bonchev–Trinajstić information content (AvgIpc) is 3.25. The molecule has 0 aliphatic rings. The highest BCUT2D eigenvalue weighted by molar-refractivity contribution is 5.89. The Bertz CT molecular complexity index is 1070. The third-order valence-corrected chi connectivity index (χ3v) is 5.15. The smallest absolute Gasteiger partial charge is 0.338 e. The lowest BCUT2D eigenvalue weighted by Gasteiger charge is -2.15. The van der Waals surface area contributed by atoms with Gasteiger partial charge in [-0.3, -0.25) is 0 Å². The fourth-order valence-electron chi connectivity index (χ4n) is 3.53. The summed E-state index contributed by atoms with van der Waals surface area (Å²) in [5.41, 5.74) is 6.01. The van der Waals surface area contributed by atoms with Crippen LogP contribution < -0.4 is 0 Å². The zero-order valence-electron chi connectivity index (χ0n) is 17.9. The maximum absolute atomic E-state index is 12.4. The number of carbonyl (C=O) groups excluding carboxylic acids is 1. The molecule has 0 unspecified atom stereocenters. The first-order valence-corrected chi connectivity index (χ1v) is 10.4. The molecule has 0 aliphatic carbocycles. The number of benzene rings is 3. The Morgan fingerprint density at radius 1 is 0.742 bits per heavy atom. The molecule has 0 radical (unpaired) electrons. The quantitative estimate of drug-likeness (QED) is 0.376. The van der Waals surface area contributed by atoms with E-state index < -0.39 is 0 Å². The maximum atomic E-state index is 12.4. The van der Waals surface area contributed by atoms with Gasteiger partial charge in [0.05, 0.1) is 17.0 Å². The van der Waals surface area contributed by atoms with Crippen LogP contribution in [-0.4, -0.2) is 42.7 Å². The maximum Gasteiger partial charge on any atom is 0.338 e. The second-order valence-corrected chi connectivity index (χ2v) is 7.66. The molecule has 0 bridgehead atoms. The van der Waals surface area contributed by atoms with Crippen molar-refractivity contribution >= 4 is 5.97 Å². The van der Waals surface area contributed by atoms with Gasteiger partial charge in [-0.25, -0.2) is 4.79 Å². The fourth-order valence-corrected chi connectivity index (χ4v) is 3.53. The van der Waals surface area contributed by atoms with Crippen molar-refractivity contribution in [3.8, 4) is 28.2 Å². The molecule has 0 saturated carbocycles. The lowest BCUT2D eigenvalue weighted by molar-refractivity contribution is 0.0482. The summed E-state index contributed by atoms with van der Waals surface area (Å²) in [4.78, 5) is 14.3. The van der Waals surface area contributed by atoms with Gasteiger partial charge in [-0.1, -0.05) is 60.7 Å². The van der Waals surface area contributed by atoms with Crippen molar-refractivity contribution in [3.05, 3.63) is 103 Å². The van der Waals surface area contributed by atoms with Gasteiger partial charge in [0, 0.05) is 12.2 Å². The summed E-state index contributed by atoms with van der Waals surface area (Å²) in [6.07, 6.45) is 0. The summed E-state index contributed by atoms with van der Waals surface area (Å²) >= 11 is 0. The van der Waals surface area contributed by atoms with Crippen LogP contribution in [0, 0.1) is 0 Å². The molecular weight excluding hydrogens is 384 g/mol. The van der Waals surface area contributed by atoms with Gasteiger partial charge in [-0.05, 0) is 61.6 Å². The number of carbonyl (C=O) groups is 1. The Balaban J connectivity index is 1.69. The number of hydrogen-bond donors (Lipinski definition) is 0. The van der Waals surface area contributed by atoms with E-state index in [4.69, 9.17) is 4.74 Å². The zero-order chi connectivity index (χ0) is 21.6. The van der Waals surface area contributed by atoms with Crippen LogP contribution in [0.5, 0.6) is 0 Å². The van der Waals surface area contributed by atoms with Crippen LogP contribution in [0.15, 0.2) is 97.1 Å². The van der Waals surface area contributed by atoms with Gasteiger partial charge in [0.2, 0.25) is 0 Å². The fraction of sp³-hybridized carbons (Fsp3) is 0.148. The highest BCUT2D eigenvalue weighted by Crippen LogP contribution is 2.32. The summed E-state index contributed by atoms with van der Waals surface area (Å²) in [5, 5.41) is 0. The molecule has 0 fully saturated rings. The van der Waals surface area contributed by atoms with Crippen LogP contribution in [0.1, 0.15) is 10.4 Å². The first-order chi connectivity index (χ1) is 15.1. The Labute approximate surface area is 183 Å². The van der Waals surface area contributed by atoms with E-state index in [1.165, 1.54) is 0 Å². The first-order valence-electron chi connectivity index (χ1n) is 10.4.